The Hall–Kier alpha value is -3.92. The summed E-state index contributed by atoms with van der Waals surface area (Å²) in [7, 11) is -4.24. The number of aryl methyl sites for hydroxylation is 1. The predicted molar refractivity (Wildman–Crippen MR) is 135 cm³/mol. The van der Waals surface area contributed by atoms with Crippen molar-refractivity contribution >= 4 is 33.8 Å². The number of benzene rings is 3. The number of carboxylic acid groups (broad SMARTS) is 1. The number of fused-ring (bicyclic) bond motifs is 1. The van der Waals surface area contributed by atoms with E-state index in [1.54, 1.807) is 18.2 Å². The molecule has 1 N–H and O–H groups in total. The molecule has 10 heteroatoms. The summed E-state index contributed by atoms with van der Waals surface area (Å²) in [5, 5.41) is 9.08. The Balaban J connectivity index is 1.71. The third-order valence-electron chi connectivity index (χ3n) is 5.76. The summed E-state index contributed by atoms with van der Waals surface area (Å²) in [6.45, 7) is -1.26. The van der Waals surface area contributed by atoms with Gasteiger partial charge in [-0.2, -0.15) is 8.78 Å². The van der Waals surface area contributed by atoms with E-state index in [0.29, 0.717) is 5.56 Å². The number of nitrogens with zero attached hydrogens (tertiary/aromatic N) is 1. The van der Waals surface area contributed by atoms with Gasteiger partial charge in [0, 0.05) is 12.5 Å². The molecule has 3 aromatic carbocycles. The number of carbonyl (C=O) groups is 1. The third-order valence-corrected chi connectivity index (χ3v) is 7.53. The lowest BCUT2D eigenvalue weighted by atomic mass is 10.1. The number of hydrogen-bond donors (Lipinski definition) is 1. The van der Waals surface area contributed by atoms with Gasteiger partial charge in [0.15, 0.2) is 0 Å². The molecule has 0 bridgehead atoms. The van der Waals surface area contributed by atoms with Crippen LogP contribution >= 0.6 is 0 Å². The molecule has 0 radical (unpaired) electrons. The van der Waals surface area contributed by atoms with E-state index in [4.69, 9.17) is 9.84 Å². The lowest BCUT2D eigenvalue weighted by Gasteiger charge is -2.35. The van der Waals surface area contributed by atoms with E-state index in [1.165, 1.54) is 18.2 Å². The molecule has 37 heavy (non-hydrogen) atoms. The maximum atomic E-state index is 13.7. The first kappa shape index (κ1) is 26.2. The van der Waals surface area contributed by atoms with Crippen molar-refractivity contribution in [2.24, 2.45) is 0 Å². The molecule has 1 heterocycles. The largest absolute Gasteiger partial charge is 0.486 e. The van der Waals surface area contributed by atoms with Crippen molar-refractivity contribution < 1.29 is 36.6 Å². The molecule has 3 aromatic rings. The van der Waals surface area contributed by atoms with E-state index >= 15 is 0 Å². The summed E-state index contributed by atoms with van der Waals surface area (Å²) >= 11 is 0. The first-order valence-corrected chi connectivity index (χ1v) is 12.9. The van der Waals surface area contributed by atoms with Crippen LogP contribution in [0.2, 0.25) is 0 Å². The number of alkyl halides is 2. The Labute approximate surface area is 213 Å². The number of ether oxygens (including phenoxy) is 2. The minimum absolute atomic E-state index is 0.0877. The van der Waals surface area contributed by atoms with Crippen LogP contribution in [0.1, 0.15) is 29.5 Å². The molecule has 0 aromatic heterocycles. The van der Waals surface area contributed by atoms with Crippen molar-refractivity contribution in [1.82, 2.24) is 0 Å². The van der Waals surface area contributed by atoms with Gasteiger partial charge in [0.05, 0.1) is 17.1 Å². The highest BCUT2D eigenvalue weighted by atomic mass is 32.2. The van der Waals surface area contributed by atoms with E-state index < -0.39 is 28.7 Å². The van der Waals surface area contributed by atoms with Gasteiger partial charge in [0.2, 0.25) is 0 Å². The van der Waals surface area contributed by atoms with Gasteiger partial charge in [-0.15, -0.1) is 0 Å². The zero-order valence-electron chi connectivity index (χ0n) is 19.9. The summed E-state index contributed by atoms with van der Waals surface area (Å²) in [6, 6.07) is 17.8. The van der Waals surface area contributed by atoms with Crippen molar-refractivity contribution in [3.8, 4) is 11.5 Å². The first-order valence-electron chi connectivity index (χ1n) is 11.5. The van der Waals surface area contributed by atoms with E-state index in [-0.39, 0.29) is 41.5 Å². The van der Waals surface area contributed by atoms with Crippen LogP contribution in [0.15, 0.2) is 71.6 Å². The Morgan fingerprint density at radius 2 is 1.81 bits per heavy atom. The maximum absolute atomic E-state index is 13.7. The average Bonchev–Trinajstić information content (AvgIpc) is 2.86. The first-order chi connectivity index (χ1) is 17.6. The van der Waals surface area contributed by atoms with Crippen molar-refractivity contribution in [3.63, 3.8) is 0 Å². The highest BCUT2D eigenvalue weighted by Gasteiger charge is 2.35. The zero-order valence-corrected chi connectivity index (χ0v) is 20.7. The molecule has 7 nitrogen and oxygen atoms in total. The fourth-order valence-corrected chi connectivity index (χ4v) is 5.44. The second-order valence-electron chi connectivity index (χ2n) is 8.53. The maximum Gasteiger partial charge on any atom is 0.387 e. The molecule has 0 amide bonds. The molecule has 0 saturated carbocycles. The number of anilines is 1. The van der Waals surface area contributed by atoms with Crippen LogP contribution in [0.4, 0.5) is 14.5 Å². The predicted octanol–water partition coefficient (Wildman–Crippen LogP) is 5.59. The Kier molecular flexibility index (Phi) is 7.77. The molecule has 0 saturated heterocycles. The standard InChI is InChI=1S/C27H25F2NO6S/c1-18-5-7-19(8-6-18)9-10-20-11-13-25-24(15-20)30(17-22(35-25)12-14-26(31)32)37(33,34)23-4-2-3-21(16-23)36-27(28)29/h2-11,13,15-16,22,27H,12,14,17H2,1H3,(H,31,32). The average molecular weight is 530 g/mol. The number of carboxylic acids is 1. The van der Waals surface area contributed by atoms with Gasteiger partial charge < -0.3 is 14.6 Å². The Bertz CT molecular complexity index is 1410. The molecule has 1 unspecified atom stereocenters. The van der Waals surface area contributed by atoms with E-state index in [0.717, 1.165) is 21.5 Å². The molecular weight excluding hydrogens is 504 g/mol. The SMILES string of the molecule is Cc1ccc(C=Cc2ccc3c(c2)N(S(=O)(=O)c2cccc(OC(F)F)c2)CC(CCC(=O)O)O3)cc1. The molecule has 4 rings (SSSR count). The summed E-state index contributed by atoms with van der Waals surface area (Å²) < 4.78 is 64.2. The molecule has 194 valence electrons. The fourth-order valence-electron chi connectivity index (χ4n) is 3.90. The number of halogens is 2. The number of rotatable bonds is 9. The van der Waals surface area contributed by atoms with Gasteiger partial charge in [-0.1, -0.05) is 54.1 Å². The highest BCUT2D eigenvalue weighted by Crippen LogP contribution is 2.39. The lowest BCUT2D eigenvalue weighted by molar-refractivity contribution is -0.137. The van der Waals surface area contributed by atoms with Gasteiger partial charge in [-0.3, -0.25) is 9.10 Å². The normalized spacial score (nSPS) is 15.5. The molecule has 1 atom stereocenters. The van der Waals surface area contributed by atoms with Gasteiger partial charge in [-0.05, 0) is 48.7 Å². The van der Waals surface area contributed by atoms with Crippen LogP contribution in [-0.4, -0.2) is 38.8 Å². The molecular formula is C27H25F2NO6S. The van der Waals surface area contributed by atoms with E-state index in [2.05, 4.69) is 4.74 Å². The number of sulfonamides is 1. The topological polar surface area (TPSA) is 93.1 Å². The number of aliphatic carboxylic acids is 1. The zero-order chi connectivity index (χ0) is 26.6. The van der Waals surface area contributed by atoms with Crippen LogP contribution in [0.25, 0.3) is 12.2 Å². The van der Waals surface area contributed by atoms with Crippen LogP contribution < -0.4 is 13.8 Å². The molecule has 1 aliphatic rings. The minimum atomic E-state index is -4.24. The molecule has 0 aliphatic carbocycles. The van der Waals surface area contributed by atoms with Gasteiger partial charge in [0.25, 0.3) is 10.0 Å². The van der Waals surface area contributed by atoms with Gasteiger partial charge in [-0.25, -0.2) is 8.42 Å². The second kappa shape index (κ2) is 11.0. The number of hydrogen-bond acceptors (Lipinski definition) is 5. The summed E-state index contributed by atoms with van der Waals surface area (Å²) in [4.78, 5) is 10.9. The smallest absolute Gasteiger partial charge is 0.387 e. The van der Waals surface area contributed by atoms with Crippen molar-refractivity contribution in [1.29, 1.82) is 0 Å². The lowest BCUT2D eigenvalue weighted by Crippen LogP contribution is -2.43. The third kappa shape index (κ3) is 6.45. The monoisotopic (exact) mass is 529 g/mol. The van der Waals surface area contributed by atoms with E-state index in [1.807, 2.05) is 43.3 Å². The van der Waals surface area contributed by atoms with Crippen molar-refractivity contribution in [2.75, 3.05) is 10.8 Å². The van der Waals surface area contributed by atoms with Crippen LogP contribution in [0.3, 0.4) is 0 Å². The van der Waals surface area contributed by atoms with Crippen LogP contribution in [0.5, 0.6) is 11.5 Å². The molecule has 0 fully saturated rings. The summed E-state index contributed by atoms with van der Waals surface area (Å²) in [5.74, 6) is -1.04. The summed E-state index contributed by atoms with van der Waals surface area (Å²) in [6.07, 6.45) is 2.90. The van der Waals surface area contributed by atoms with E-state index in [9.17, 15) is 22.0 Å². The van der Waals surface area contributed by atoms with Crippen LogP contribution in [-0.2, 0) is 14.8 Å². The van der Waals surface area contributed by atoms with Gasteiger partial charge in [0.1, 0.15) is 17.6 Å². The highest BCUT2D eigenvalue weighted by molar-refractivity contribution is 7.92. The molecule has 0 spiro atoms. The minimum Gasteiger partial charge on any atom is -0.486 e. The Morgan fingerprint density at radius 3 is 2.51 bits per heavy atom. The van der Waals surface area contributed by atoms with Gasteiger partial charge >= 0.3 is 12.6 Å². The van der Waals surface area contributed by atoms with Crippen LogP contribution in [0, 0.1) is 6.92 Å². The second-order valence-corrected chi connectivity index (χ2v) is 10.4. The fraction of sp³-hybridized carbons (Fsp3) is 0.222. The Morgan fingerprint density at radius 1 is 1.11 bits per heavy atom. The summed E-state index contributed by atoms with van der Waals surface area (Å²) in [5.41, 5.74) is 3.07. The quantitative estimate of drug-likeness (QED) is 0.364. The molecule has 1 aliphatic heterocycles. The van der Waals surface area contributed by atoms with Crippen molar-refractivity contribution in [3.05, 3.63) is 83.4 Å². The van der Waals surface area contributed by atoms with Crippen molar-refractivity contribution in [2.45, 2.75) is 37.4 Å².